The first-order valence-electron chi connectivity index (χ1n) is 7.04. The van der Waals surface area contributed by atoms with Crippen LogP contribution in [0.4, 0.5) is 0 Å². The van der Waals surface area contributed by atoms with E-state index in [4.69, 9.17) is 5.73 Å². The second-order valence-electron chi connectivity index (χ2n) is 5.43. The molecule has 2 unspecified atom stereocenters. The van der Waals surface area contributed by atoms with Crippen LogP contribution in [0.5, 0.6) is 0 Å². The summed E-state index contributed by atoms with van der Waals surface area (Å²) in [6.45, 7) is 3.32. The maximum Gasteiger partial charge on any atom is 0.251 e. The van der Waals surface area contributed by atoms with Crippen LogP contribution in [0.1, 0.15) is 23.7 Å². The Kier molecular flexibility index (Phi) is 7.32. The van der Waals surface area contributed by atoms with E-state index in [0.29, 0.717) is 24.6 Å². The SMILES string of the molecule is CC1CC(CN)CN1C(=O)CNC(=O)c1cccc(Br)c1.Cl. The molecule has 0 radical (unpaired) electrons. The first kappa shape index (κ1) is 18.9. The summed E-state index contributed by atoms with van der Waals surface area (Å²) >= 11 is 3.32. The standard InChI is InChI=1S/C15H20BrN3O2.ClH/c1-10-5-11(7-17)9-19(10)14(20)8-18-15(21)12-3-2-4-13(16)6-12;/h2-4,6,10-11H,5,7-9,17H2,1H3,(H,18,21);1H. The van der Waals surface area contributed by atoms with Gasteiger partial charge in [0, 0.05) is 22.6 Å². The molecule has 122 valence electrons. The summed E-state index contributed by atoms with van der Waals surface area (Å²) in [7, 11) is 0. The van der Waals surface area contributed by atoms with Gasteiger partial charge >= 0.3 is 0 Å². The van der Waals surface area contributed by atoms with E-state index >= 15 is 0 Å². The number of nitrogens with two attached hydrogens (primary N) is 1. The first-order valence-corrected chi connectivity index (χ1v) is 7.84. The molecule has 2 rings (SSSR count). The largest absolute Gasteiger partial charge is 0.343 e. The van der Waals surface area contributed by atoms with E-state index in [-0.39, 0.29) is 36.8 Å². The van der Waals surface area contributed by atoms with Crippen molar-refractivity contribution in [1.82, 2.24) is 10.2 Å². The van der Waals surface area contributed by atoms with Crippen LogP contribution in [0, 0.1) is 5.92 Å². The molecule has 22 heavy (non-hydrogen) atoms. The third kappa shape index (κ3) is 4.69. The molecular formula is C15H21BrClN3O2. The normalized spacial score (nSPS) is 20.4. The Labute approximate surface area is 145 Å². The number of halogens is 2. The number of hydrogen-bond acceptors (Lipinski definition) is 3. The van der Waals surface area contributed by atoms with Crippen molar-refractivity contribution in [2.45, 2.75) is 19.4 Å². The van der Waals surface area contributed by atoms with Crippen LogP contribution in [0.3, 0.4) is 0 Å². The molecule has 0 aliphatic carbocycles. The number of likely N-dealkylation sites (tertiary alicyclic amines) is 1. The number of rotatable bonds is 4. The van der Waals surface area contributed by atoms with E-state index in [0.717, 1.165) is 10.9 Å². The van der Waals surface area contributed by atoms with Gasteiger partial charge in [-0.05, 0) is 44.0 Å². The van der Waals surface area contributed by atoms with E-state index in [1.165, 1.54) is 0 Å². The number of nitrogens with zero attached hydrogens (tertiary/aromatic N) is 1. The molecule has 1 aliphatic rings. The lowest BCUT2D eigenvalue weighted by atomic mass is 10.1. The van der Waals surface area contributed by atoms with Gasteiger partial charge in [-0.2, -0.15) is 0 Å². The smallest absolute Gasteiger partial charge is 0.251 e. The van der Waals surface area contributed by atoms with Crippen molar-refractivity contribution in [3.8, 4) is 0 Å². The maximum atomic E-state index is 12.2. The van der Waals surface area contributed by atoms with Crippen molar-refractivity contribution in [3.05, 3.63) is 34.3 Å². The Morgan fingerprint density at radius 2 is 2.18 bits per heavy atom. The lowest BCUT2D eigenvalue weighted by molar-refractivity contribution is -0.130. The van der Waals surface area contributed by atoms with Crippen molar-refractivity contribution in [1.29, 1.82) is 0 Å². The molecule has 1 heterocycles. The maximum absolute atomic E-state index is 12.2. The van der Waals surface area contributed by atoms with Crippen molar-refractivity contribution in [2.75, 3.05) is 19.6 Å². The van der Waals surface area contributed by atoms with Crippen LogP contribution < -0.4 is 11.1 Å². The zero-order valence-electron chi connectivity index (χ0n) is 12.4. The first-order chi connectivity index (χ1) is 10.0. The van der Waals surface area contributed by atoms with E-state index in [1.54, 1.807) is 23.1 Å². The highest BCUT2D eigenvalue weighted by Crippen LogP contribution is 2.21. The summed E-state index contributed by atoms with van der Waals surface area (Å²) in [6.07, 6.45) is 0.932. The van der Waals surface area contributed by atoms with Gasteiger partial charge in [-0.3, -0.25) is 9.59 Å². The Hall–Kier alpha value is -1.11. The minimum absolute atomic E-state index is 0. The van der Waals surface area contributed by atoms with E-state index in [9.17, 15) is 9.59 Å². The van der Waals surface area contributed by atoms with E-state index in [2.05, 4.69) is 21.2 Å². The van der Waals surface area contributed by atoms with Crippen molar-refractivity contribution < 1.29 is 9.59 Å². The molecular weight excluding hydrogens is 370 g/mol. The highest BCUT2D eigenvalue weighted by Gasteiger charge is 2.31. The third-order valence-corrected chi connectivity index (χ3v) is 4.30. The molecule has 0 aromatic heterocycles. The summed E-state index contributed by atoms with van der Waals surface area (Å²) < 4.78 is 0.834. The van der Waals surface area contributed by atoms with Gasteiger partial charge in [0.2, 0.25) is 5.91 Å². The van der Waals surface area contributed by atoms with Gasteiger partial charge in [0.25, 0.3) is 5.91 Å². The number of carbonyl (C=O) groups is 2. The molecule has 0 bridgehead atoms. The molecule has 1 aromatic rings. The second-order valence-corrected chi connectivity index (χ2v) is 6.34. The molecule has 1 fully saturated rings. The Bertz CT molecular complexity index is 541. The summed E-state index contributed by atoms with van der Waals surface area (Å²) in [5, 5.41) is 2.67. The molecule has 2 amide bonds. The fourth-order valence-electron chi connectivity index (χ4n) is 2.65. The molecule has 0 saturated carbocycles. The average molecular weight is 391 g/mol. The van der Waals surface area contributed by atoms with Crippen LogP contribution in [0.25, 0.3) is 0 Å². The molecule has 3 N–H and O–H groups in total. The third-order valence-electron chi connectivity index (χ3n) is 3.80. The highest BCUT2D eigenvalue weighted by atomic mass is 79.9. The second kappa shape index (κ2) is 8.50. The summed E-state index contributed by atoms with van der Waals surface area (Å²) in [4.78, 5) is 26.0. The van der Waals surface area contributed by atoms with Crippen molar-refractivity contribution >= 4 is 40.2 Å². The van der Waals surface area contributed by atoms with Crippen molar-refractivity contribution in [2.24, 2.45) is 11.7 Å². The summed E-state index contributed by atoms with van der Waals surface area (Å²) in [5.74, 6) is 0.0680. The summed E-state index contributed by atoms with van der Waals surface area (Å²) in [6, 6.07) is 7.26. The van der Waals surface area contributed by atoms with E-state index < -0.39 is 0 Å². The molecule has 2 atom stereocenters. The minimum Gasteiger partial charge on any atom is -0.343 e. The van der Waals surface area contributed by atoms with Gasteiger partial charge in [-0.1, -0.05) is 22.0 Å². The average Bonchev–Trinajstić information content (AvgIpc) is 2.85. The van der Waals surface area contributed by atoms with Crippen LogP contribution >= 0.6 is 28.3 Å². The fraction of sp³-hybridized carbons (Fsp3) is 0.467. The van der Waals surface area contributed by atoms with Crippen LogP contribution in [0.15, 0.2) is 28.7 Å². The monoisotopic (exact) mass is 389 g/mol. The van der Waals surface area contributed by atoms with Gasteiger partial charge in [-0.15, -0.1) is 12.4 Å². The molecule has 1 aliphatic heterocycles. The number of benzene rings is 1. The number of amides is 2. The van der Waals surface area contributed by atoms with Crippen LogP contribution in [-0.4, -0.2) is 42.4 Å². The molecule has 7 heteroatoms. The Morgan fingerprint density at radius 1 is 1.45 bits per heavy atom. The lowest BCUT2D eigenvalue weighted by Crippen LogP contribution is -2.42. The van der Waals surface area contributed by atoms with Crippen LogP contribution in [0.2, 0.25) is 0 Å². The van der Waals surface area contributed by atoms with Gasteiger partial charge in [-0.25, -0.2) is 0 Å². The van der Waals surface area contributed by atoms with Gasteiger partial charge in [0.15, 0.2) is 0 Å². The number of nitrogens with one attached hydrogen (secondary N) is 1. The van der Waals surface area contributed by atoms with Crippen LogP contribution in [-0.2, 0) is 4.79 Å². The van der Waals surface area contributed by atoms with Gasteiger partial charge < -0.3 is 16.0 Å². The fourth-order valence-corrected chi connectivity index (χ4v) is 3.05. The van der Waals surface area contributed by atoms with Gasteiger partial charge in [0.05, 0.1) is 6.54 Å². The minimum atomic E-state index is -0.244. The Morgan fingerprint density at radius 3 is 2.77 bits per heavy atom. The number of carbonyl (C=O) groups excluding carboxylic acids is 2. The Balaban J connectivity index is 0.00000242. The zero-order chi connectivity index (χ0) is 15.4. The van der Waals surface area contributed by atoms with E-state index in [1.807, 2.05) is 13.0 Å². The predicted octanol–water partition coefficient (Wildman–Crippen LogP) is 1.80. The molecule has 1 aromatic carbocycles. The lowest BCUT2D eigenvalue weighted by Gasteiger charge is -2.21. The quantitative estimate of drug-likeness (QED) is 0.823. The summed E-state index contributed by atoms with van der Waals surface area (Å²) in [5.41, 5.74) is 6.19. The van der Waals surface area contributed by atoms with Gasteiger partial charge in [0.1, 0.15) is 0 Å². The number of hydrogen-bond donors (Lipinski definition) is 2. The van der Waals surface area contributed by atoms with Crippen molar-refractivity contribution in [3.63, 3.8) is 0 Å². The predicted molar refractivity (Wildman–Crippen MR) is 92.1 cm³/mol. The molecule has 5 nitrogen and oxygen atoms in total. The molecule has 1 saturated heterocycles. The zero-order valence-corrected chi connectivity index (χ0v) is 14.8. The topological polar surface area (TPSA) is 75.4 Å². The highest BCUT2D eigenvalue weighted by molar-refractivity contribution is 9.10. The molecule has 0 spiro atoms.